The number of urea groups is 1. The summed E-state index contributed by atoms with van der Waals surface area (Å²) in [5.41, 5.74) is 1.47. The molecule has 3 amide bonds. The second kappa shape index (κ2) is 15.6. The molecule has 39 heavy (non-hydrogen) atoms. The minimum Gasteiger partial charge on any atom is -0.481 e. The molecule has 15 heteroatoms. The maximum Gasteiger partial charge on any atom is 0.326 e. The molecule has 0 aliphatic carbocycles. The van der Waals surface area contributed by atoms with Gasteiger partial charge in [0.2, 0.25) is 5.91 Å². The van der Waals surface area contributed by atoms with Gasteiger partial charge in [-0.2, -0.15) is 0 Å². The summed E-state index contributed by atoms with van der Waals surface area (Å²) in [4.78, 5) is 57.3. The average Bonchev–Trinajstić information content (AvgIpc) is 3.32. The van der Waals surface area contributed by atoms with Gasteiger partial charge in [-0.15, -0.1) is 5.10 Å². The fraction of sp³-hybridized carbons (Fsp3) is 0.458. The zero-order valence-electron chi connectivity index (χ0n) is 21.0. The molecular weight excluding hydrogens is 519 g/mol. The first-order valence-corrected chi connectivity index (χ1v) is 12.2. The van der Waals surface area contributed by atoms with Gasteiger partial charge < -0.3 is 31.3 Å². The number of carboxylic acid groups (broad SMARTS) is 3. The van der Waals surface area contributed by atoms with E-state index < -0.39 is 42.4 Å². The third-order valence-electron chi connectivity index (χ3n) is 5.55. The molecule has 0 radical (unpaired) electrons. The number of hydrogen-bond acceptors (Lipinski definition) is 7. The SMILES string of the molecule is O=C(O)CC[C@H](NC(=O)N[C@@H](CCCCNC(=O)CCc1cn(Cc2ccc(F)cc2)nn1)C(=O)O)C(=O)O. The van der Waals surface area contributed by atoms with Gasteiger partial charge in [-0.3, -0.25) is 9.59 Å². The molecule has 1 aromatic carbocycles. The van der Waals surface area contributed by atoms with Crippen LogP contribution in [-0.4, -0.2) is 78.8 Å². The molecule has 0 aliphatic heterocycles. The van der Waals surface area contributed by atoms with E-state index in [1.165, 1.54) is 12.1 Å². The van der Waals surface area contributed by atoms with E-state index >= 15 is 0 Å². The van der Waals surface area contributed by atoms with Gasteiger partial charge in [-0.1, -0.05) is 17.3 Å². The standard InChI is InChI=1S/C24H31FN6O8/c25-16-6-4-15(5-7-16)13-31-14-17(29-30-31)8-10-20(32)26-12-2-1-3-18(22(35)36)27-24(39)28-19(23(37)38)9-11-21(33)34/h4-7,14,18-19H,1-3,8-13H2,(H,26,32)(H,33,34)(H,35,36)(H,37,38)(H2,27,28,39)/t18-,19-/m0/s1. The maximum absolute atomic E-state index is 13.0. The van der Waals surface area contributed by atoms with Crippen LogP contribution in [-0.2, 0) is 32.1 Å². The van der Waals surface area contributed by atoms with Crippen LogP contribution >= 0.6 is 0 Å². The Morgan fingerprint density at radius 1 is 0.897 bits per heavy atom. The highest BCUT2D eigenvalue weighted by molar-refractivity contribution is 5.86. The van der Waals surface area contributed by atoms with Crippen LogP contribution in [0, 0.1) is 5.82 Å². The van der Waals surface area contributed by atoms with Crippen molar-refractivity contribution in [3.8, 4) is 0 Å². The number of carboxylic acids is 3. The Labute approximate surface area is 222 Å². The molecule has 0 fully saturated rings. The smallest absolute Gasteiger partial charge is 0.326 e. The fourth-order valence-corrected chi connectivity index (χ4v) is 3.48. The van der Waals surface area contributed by atoms with Gasteiger partial charge in [-0.25, -0.2) is 23.5 Å². The van der Waals surface area contributed by atoms with Crippen molar-refractivity contribution in [1.82, 2.24) is 30.9 Å². The normalized spacial score (nSPS) is 12.2. The molecule has 0 bridgehead atoms. The van der Waals surface area contributed by atoms with Crippen molar-refractivity contribution in [1.29, 1.82) is 0 Å². The zero-order chi connectivity index (χ0) is 28.8. The summed E-state index contributed by atoms with van der Waals surface area (Å²) >= 11 is 0. The molecule has 0 saturated heterocycles. The predicted octanol–water partition coefficient (Wildman–Crippen LogP) is 0.755. The van der Waals surface area contributed by atoms with Crippen molar-refractivity contribution in [3.05, 3.63) is 47.5 Å². The van der Waals surface area contributed by atoms with Gasteiger partial charge >= 0.3 is 23.9 Å². The first-order valence-electron chi connectivity index (χ1n) is 12.2. The molecule has 2 rings (SSSR count). The van der Waals surface area contributed by atoms with Gasteiger partial charge in [0.05, 0.1) is 12.2 Å². The zero-order valence-corrected chi connectivity index (χ0v) is 21.0. The van der Waals surface area contributed by atoms with E-state index in [2.05, 4.69) is 26.3 Å². The average molecular weight is 551 g/mol. The van der Waals surface area contributed by atoms with E-state index in [-0.39, 0.29) is 37.5 Å². The Kier molecular flexibility index (Phi) is 12.3. The first kappa shape index (κ1) is 30.7. The highest BCUT2D eigenvalue weighted by Crippen LogP contribution is 2.07. The third kappa shape index (κ3) is 12.0. The van der Waals surface area contributed by atoms with Crippen LogP contribution in [0.1, 0.15) is 49.8 Å². The molecule has 6 N–H and O–H groups in total. The highest BCUT2D eigenvalue weighted by Gasteiger charge is 2.24. The van der Waals surface area contributed by atoms with Crippen LogP contribution in [0.2, 0.25) is 0 Å². The summed E-state index contributed by atoms with van der Waals surface area (Å²) < 4.78 is 14.6. The largest absolute Gasteiger partial charge is 0.481 e. The van der Waals surface area contributed by atoms with Crippen LogP contribution in [0.4, 0.5) is 9.18 Å². The number of hydrogen-bond donors (Lipinski definition) is 6. The summed E-state index contributed by atoms with van der Waals surface area (Å²) in [6.45, 7) is 0.698. The maximum atomic E-state index is 13.0. The molecule has 1 aromatic heterocycles. The Balaban J connectivity index is 1.65. The number of amides is 3. The lowest BCUT2D eigenvalue weighted by Gasteiger charge is -2.18. The number of carbonyl (C=O) groups is 5. The minimum atomic E-state index is -1.48. The number of unbranched alkanes of at least 4 members (excludes halogenated alkanes) is 1. The van der Waals surface area contributed by atoms with Gasteiger partial charge in [0.15, 0.2) is 0 Å². The van der Waals surface area contributed by atoms with E-state index in [1.807, 2.05) is 0 Å². The minimum absolute atomic E-state index is 0.0304. The number of aromatic nitrogens is 3. The molecule has 2 atom stereocenters. The molecule has 1 heterocycles. The topological polar surface area (TPSA) is 213 Å². The molecular formula is C24H31FN6O8. The van der Waals surface area contributed by atoms with Crippen molar-refractivity contribution in [2.24, 2.45) is 0 Å². The van der Waals surface area contributed by atoms with Crippen LogP contribution in [0.15, 0.2) is 30.5 Å². The number of aryl methyl sites for hydroxylation is 1. The Morgan fingerprint density at radius 2 is 1.54 bits per heavy atom. The van der Waals surface area contributed by atoms with Gasteiger partial charge in [0.25, 0.3) is 0 Å². The second-order valence-electron chi connectivity index (χ2n) is 8.71. The first-order chi connectivity index (χ1) is 18.5. The van der Waals surface area contributed by atoms with Crippen molar-refractivity contribution < 1.29 is 43.7 Å². The Bertz CT molecular complexity index is 1140. The number of halogens is 1. The van der Waals surface area contributed by atoms with Crippen molar-refractivity contribution in [2.75, 3.05) is 6.54 Å². The van der Waals surface area contributed by atoms with Gasteiger partial charge in [0, 0.05) is 32.0 Å². The van der Waals surface area contributed by atoms with Crippen LogP contribution in [0.5, 0.6) is 0 Å². The number of benzene rings is 1. The quantitative estimate of drug-likeness (QED) is 0.152. The lowest BCUT2D eigenvalue weighted by atomic mass is 10.1. The fourth-order valence-electron chi connectivity index (χ4n) is 3.48. The molecule has 0 saturated carbocycles. The van der Waals surface area contributed by atoms with Gasteiger partial charge in [-0.05, 0) is 43.4 Å². The van der Waals surface area contributed by atoms with Crippen molar-refractivity contribution >= 4 is 29.8 Å². The Morgan fingerprint density at radius 3 is 2.15 bits per heavy atom. The lowest BCUT2D eigenvalue weighted by Crippen LogP contribution is -2.51. The molecule has 0 unspecified atom stereocenters. The van der Waals surface area contributed by atoms with Crippen LogP contribution in [0.25, 0.3) is 0 Å². The molecule has 0 spiro atoms. The summed E-state index contributed by atoms with van der Waals surface area (Å²) in [5, 5.41) is 42.0. The summed E-state index contributed by atoms with van der Waals surface area (Å²) in [6, 6.07) is 2.19. The monoisotopic (exact) mass is 550 g/mol. The van der Waals surface area contributed by atoms with E-state index in [0.717, 1.165) is 5.56 Å². The number of nitrogens with one attached hydrogen (secondary N) is 3. The van der Waals surface area contributed by atoms with E-state index in [0.29, 0.717) is 31.5 Å². The second-order valence-corrected chi connectivity index (χ2v) is 8.71. The van der Waals surface area contributed by atoms with Crippen LogP contribution in [0.3, 0.4) is 0 Å². The summed E-state index contributed by atoms with van der Waals surface area (Å²) in [7, 11) is 0. The number of rotatable bonds is 17. The number of aliphatic carboxylic acids is 3. The van der Waals surface area contributed by atoms with Crippen molar-refractivity contribution in [2.45, 2.75) is 63.6 Å². The molecule has 14 nitrogen and oxygen atoms in total. The highest BCUT2D eigenvalue weighted by atomic mass is 19.1. The third-order valence-corrected chi connectivity index (χ3v) is 5.55. The summed E-state index contributed by atoms with van der Waals surface area (Å²) in [6.07, 6.45) is 2.20. The van der Waals surface area contributed by atoms with E-state index in [1.54, 1.807) is 23.0 Å². The van der Waals surface area contributed by atoms with E-state index in [9.17, 15) is 33.5 Å². The van der Waals surface area contributed by atoms with Gasteiger partial charge in [0.1, 0.15) is 17.9 Å². The van der Waals surface area contributed by atoms with E-state index in [4.69, 9.17) is 10.2 Å². The molecule has 0 aliphatic rings. The van der Waals surface area contributed by atoms with Crippen molar-refractivity contribution in [3.63, 3.8) is 0 Å². The van der Waals surface area contributed by atoms with Crippen LogP contribution < -0.4 is 16.0 Å². The molecule has 212 valence electrons. The molecule has 2 aromatic rings. The number of carbonyl (C=O) groups excluding carboxylic acids is 2. The Hall–Kier alpha value is -4.56. The summed E-state index contributed by atoms with van der Waals surface area (Å²) in [5.74, 6) is -4.54. The lowest BCUT2D eigenvalue weighted by molar-refractivity contribution is -0.140. The predicted molar refractivity (Wildman–Crippen MR) is 132 cm³/mol. The number of nitrogens with zero attached hydrogens (tertiary/aromatic N) is 3.